The number of hydrogen-bond donors (Lipinski definition) is 2. The van der Waals surface area contributed by atoms with Gasteiger partial charge in [0.15, 0.2) is 0 Å². The summed E-state index contributed by atoms with van der Waals surface area (Å²) >= 11 is 0. The molecule has 0 aliphatic heterocycles. The van der Waals surface area contributed by atoms with Crippen molar-refractivity contribution in [3.8, 4) is 0 Å². The second kappa shape index (κ2) is 8.82. The van der Waals surface area contributed by atoms with Crippen molar-refractivity contribution in [3.05, 3.63) is 0 Å². The van der Waals surface area contributed by atoms with Crippen LogP contribution in [0, 0.1) is 0 Å². The summed E-state index contributed by atoms with van der Waals surface area (Å²) in [4.78, 5) is 0. The quantitative estimate of drug-likeness (QED) is 0.649. The summed E-state index contributed by atoms with van der Waals surface area (Å²) in [6.45, 7) is 10.3. The monoisotopic (exact) mass is 264 g/mol. The highest BCUT2D eigenvalue weighted by atomic mass is 16.6. The van der Waals surface area contributed by atoms with Gasteiger partial charge in [-0.25, -0.2) is 0 Å². The van der Waals surface area contributed by atoms with Gasteiger partial charge in [0, 0.05) is 0 Å². The van der Waals surface area contributed by atoms with E-state index < -0.39 is 6.10 Å². The Bertz CT molecular complexity index is 202. The van der Waals surface area contributed by atoms with Crippen LogP contribution in [0.3, 0.4) is 0 Å². The number of ether oxygens (including phenoxy) is 3. The lowest BCUT2D eigenvalue weighted by Crippen LogP contribution is -2.31. The summed E-state index contributed by atoms with van der Waals surface area (Å²) in [6, 6.07) is 0. The zero-order valence-corrected chi connectivity index (χ0v) is 12.2. The van der Waals surface area contributed by atoms with Crippen LogP contribution < -0.4 is 0 Å². The molecular weight excluding hydrogens is 236 g/mol. The molecule has 0 aliphatic rings. The maximum atomic E-state index is 9.65. The molecule has 110 valence electrons. The minimum atomic E-state index is -0.637. The maximum absolute atomic E-state index is 9.65. The van der Waals surface area contributed by atoms with Gasteiger partial charge in [-0.15, -0.1) is 0 Å². The molecular formula is C13H28O5. The molecule has 3 unspecified atom stereocenters. The molecule has 18 heavy (non-hydrogen) atoms. The average molecular weight is 264 g/mol. The highest BCUT2D eigenvalue weighted by Gasteiger charge is 2.15. The molecule has 0 bridgehead atoms. The van der Waals surface area contributed by atoms with E-state index in [-0.39, 0.29) is 37.6 Å². The molecule has 0 radical (unpaired) electrons. The van der Waals surface area contributed by atoms with Crippen LogP contribution in [0.4, 0.5) is 0 Å². The van der Waals surface area contributed by atoms with Gasteiger partial charge in [-0.2, -0.15) is 0 Å². The number of aliphatic hydroxyl groups excluding tert-OH is 2. The fraction of sp³-hybridized carbons (Fsp3) is 1.00. The molecule has 0 aliphatic carbocycles. The number of hydrogen-bond acceptors (Lipinski definition) is 5. The molecule has 3 atom stereocenters. The topological polar surface area (TPSA) is 68.2 Å². The molecule has 0 spiro atoms. The number of rotatable bonds is 9. The third-order valence-electron chi connectivity index (χ3n) is 2.15. The normalized spacial score (nSPS) is 17.5. The fourth-order valence-corrected chi connectivity index (χ4v) is 1.07. The van der Waals surface area contributed by atoms with E-state index in [0.717, 1.165) is 0 Å². The Kier molecular flexibility index (Phi) is 8.73. The Morgan fingerprint density at radius 2 is 1.50 bits per heavy atom. The fourth-order valence-electron chi connectivity index (χ4n) is 1.07. The molecule has 0 heterocycles. The van der Waals surface area contributed by atoms with E-state index in [1.165, 1.54) is 0 Å². The lowest BCUT2D eigenvalue weighted by molar-refractivity contribution is -0.0968. The summed E-state index contributed by atoms with van der Waals surface area (Å²) in [6.07, 6.45) is -0.949. The largest absolute Gasteiger partial charge is 0.394 e. The lowest BCUT2D eigenvalue weighted by Gasteiger charge is -2.23. The van der Waals surface area contributed by atoms with Crippen molar-refractivity contribution in [1.29, 1.82) is 0 Å². The Morgan fingerprint density at radius 3 is 2.00 bits per heavy atom. The van der Waals surface area contributed by atoms with E-state index in [9.17, 15) is 5.11 Å². The van der Waals surface area contributed by atoms with E-state index in [1.807, 2.05) is 27.7 Å². The van der Waals surface area contributed by atoms with E-state index in [0.29, 0.717) is 6.61 Å². The molecule has 0 aromatic rings. The van der Waals surface area contributed by atoms with Gasteiger partial charge in [0.2, 0.25) is 0 Å². The smallest absolute Gasteiger partial charge is 0.101 e. The van der Waals surface area contributed by atoms with Crippen LogP contribution in [-0.4, -0.2) is 60.6 Å². The third-order valence-corrected chi connectivity index (χ3v) is 2.15. The third kappa shape index (κ3) is 10.9. The Labute approximate surface area is 110 Å². The number of aliphatic hydroxyl groups is 2. The van der Waals surface area contributed by atoms with Crippen molar-refractivity contribution in [2.45, 2.75) is 58.5 Å². The SMILES string of the molecule is CC(CO)OCC(C)OCC(O)COC(C)(C)C. The molecule has 0 aromatic carbocycles. The first-order valence-corrected chi connectivity index (χ1v) is 6.40. The van der Waals surface area contributed by atoms with Crippen LogP contribution in [0.15, 0.2) is 0 Å². The van der Waals surface area contributed by atoms with Crippen LogP contribution in [0.5, 0.6) is 0 Å². The zero-order valence-electron chi connectivity index (χ0n) is 12.2. The molecule has 0 aromatic heterocycles. The maximum Gasteiger partial charge on any atom is 0.101 e. The predicted molar refractivity (Wildman–Crippen MR) is 69.6 cm³/mol. The zero-order chi connectivity index (χ0) is 14.2. The van der Waals surface area contributed by atoms with E-state index in [4.69, 9.17) is 19.3 Å². The van der Waals surface area contributed by atoms with Crippen molar-refractivity contribution < 1.29 is 24.4 Å². The molecule has 5 heteroatoms. The van der Waals surface area contributed by atoms with Crippen LogP contribution in [-0.2, 0) is 14.2 Å². The van der Waals surface area contributed by atoms with Gasteiger partial charge in [-0.05, 0) is 34.6 Å². The molecule has 0 rings (SSSR count). The van der Waals surface area contributed by atoms with Crippen molar-refractivity contribution >= 4 is 0 Å². The summed E-state index contributed by atoms with van der Waals surface area (Å²) < 4.78 is 16.2. The summed E-state index contributed by atoms with van der Waals surface area (Å²) in [5, 5.41) is 18.4. The average Bonchev–Trinajstić information content (AvgIpc) is 2.29. The van der Waals surface area contributed by atoms with Gasteiger partial charge < -0.3 is 24.4 Å². The summed E-state index contributed by atoms with van der Waals surface area (Å²) in [5.74, 6) is 0. The van der Waals surface area contributed by atoms with Crippen molar-refractivity contribution in [2.75, 3.05) is 26.4 Å². The molecule has 0 fully saturated rings. The Hall–Kier alpha value is -0.200. The van der Waals surface area contributed by atoms with Gasteiger partial charge in [-0.3, -0.25) is 0 Å². The first kappa shape index (κ1) is 17.8. The minimum absolute atomic E-state index is 0.00519. The Morgan fingerprint density at radius 1 is 0.944 bits per heavy atom. The Balaban J connectivity index is 3.62. The first-order valence-electron chi connectivity index (χ1n) is 6.40. The highest BCUT2D eigenvalue weighted by molar-refractivity contribution is 4.62. The highest BCUT2D eigenvalue weighted by Crippen LogP contribution is 2.07. The predicted octanol–water partition coefficient (Wildman–Crippen LogP) is 0.965. The van der Waals surface area contributed by atoms with E-state index >= 15 is 0 Å². The van der Waals surface area contributed by atoms with Gasteiger partial charge >= 0.3 is 0 Å². The van der Waals surface area contributed by atoms with E-state index in [2.05, 4.69) is 0 Å². The van der Waals surface area contributed by atoms with Crippen molar-refractivity contribution in [2.24, 2.45) is 0 Å². The van der Waals surface area contributed by atoms with Gasteiger partial charge in [-0.1, -0.05) is 0 Å². The first-order chi connectivity index (χ1) is 8.24. The summed E-state index contributed by atoms with van der Waals surface area (Å²) in [7, 11) is 0. The molecule has 0 saturated heterocycles. The standard InChI is InChI=1S/C13H28O5/c1-10(6-14)16-7-11(2)17-8-12(15)9-18-13(3,4)5/h10-12,14-15H,6-9H2,1-5H3. The molecule has 0 saturated carbocycles. The van der Waals surface area contributed by atoms with Gasteiger partial charge in [0.05, 0.1) is 44.2 Å². The van der Waals surface area contributed by atoms with Crippen molar-refractivity contribution in [3.63, 3.8) is 0 Å². The lowest BCUT2D eigenvalue weighted by atomic mass is 10.2. The second-order valence-corrected chi connectivity index (χ2v) is 5.55. The second-order valence-electron chi connectivity index (χ2n) is 5.55. The van der Waals surface area contributed by atoms with E-state index in [1.54, 1.807) is 6.92 Å². The molecule has 2 N–H and O–H groups in total. The van der Waals surface area contributed by atoms with Crippen LogP contribution in [0.1, 0.15) is 34.6 Å². The van der Waals surface area contributed by atoms with Crippen molar-refractivity contribution in [1.82, 2.24) is 0 Å². The van der Waals surface area contributed by atoms with Gasteiger partial charge in [0.25, 0.3) is 0 Å². The van der Waals surface area contributed by atoms with Crippen LogP contribution in [0.2, 0.25) is 0 Å². The molecule has 0 amide bonds. The van der Waals surface area contributed by atoms with Crippen LogP contribution >= 0.6 is 0 Å². The summed E-state index contributed by atoms with van der Waals surface area (Å²) in [5.41, 5.74) is -0.258. The van der Waals surface area contributed by atoms with Gasteiger partial charge in [0.1, 0.15) is 6.10 Å². The minimum Gasteiger partial charge on any atom is -0.394 e. The molecule has 5 nitrogen and oxygen atoms in total. The van der Waals surface area contributed by atoms with Crippen LogP contribution in [0.25, 0.3) is 0 Å².